The third-order valence-corrected chi connectivity index (χ3v) is 4.76. The van der Waals surface area contributed by atoms with Gasteiger partial charge in [0.25, 0.3) is 0 Å². The van der Waals surface area contributed by atoms with Gasteiger partial charge in [-0.05, 0) is 32.4 Å². The highest BCUT2D eigenvalue weighted by molar-refractivity contribution is 7.99. The van der Waals surface area contributed by atoms with Crippen molar-refractivity contribution in [1.82, 2.24) is 20.1 Å². The summed E-state index contributed by atoms with van der Waals surface area (Å²) >= 11 is 1.23. The van der Waals surface area contributed by atoms with Gasteiger partial charge in [-0.3, -0.25) is 0 Å². The Morgan fingerprint density at radius 1 is 1.39 bits per heavy atom. The number of halogens is 1. The molecule has 3 aromatic rings. The molecule has 146 valence electrons. The van der Waals surface area contributed by atoms with Gasteiger partial charge < -0.3 is 15.0 Å². The highest BCUT2D eigenvalue weighted by Crippen LogP contribution is 2.33. The first-order valence-electron chi connectivity index (χ1n) is 8.45. The van der Waals surface area contributed by atoms with E-state index in [4.69, 9.17) is 15.0 Å². The van der Waals surface area contributed by atoms with Crippen LogP contribution in [0, 0.1) is 12.7 Å². The summed E-state index contributed by atoms with van der Waals surface area (Å²) in [7, 11) is 0. The number of rotatable bonds is 6. The number of carbonyl (C=O) groups is 1. The van der Waals surface area contributed by atoms with Crippen molar-refractivity contribution in [3.05, 3.63) is 47.2 Å². The number of benzene rings is 1. The zero-order valence-electron chi connectivity index (χ0n) is 15.5. The van der Waals surface area contributed by atoms with Crippen molar-refractivity contribution < 1.29 is 18.4 Å². The Bertz CT molecular complexity index is 1010. The maximum Gasteiger partial charge on any atom is 0.343 e. The molecule has 0 unspecified atom stereocenters. The van der Waals surface area contributed by atoms with Gasteiger partial charge in [-0.15, -0.1) is 0 Å². The van der Waals surface area contributed by atoms with Crippen LogP contribution in [0.2, 0.25) is 0 Å². The second-order valence-electron chi connectivity index (χ2n) is 5.85. The molecule has 0 saturated heterocycles. The van der Waals surface area contributed by atoms with Crippen LogP contribution in [0.5, 0.6) is 0 Å². The summed E-state index contributed by atoms with van der Waals surface area (Å²) in [5.41, 5.74) is 6.99. The molecule has 10 heteroatoms. The molecular formula is C18H18FN5O3S. The standard InChI is InChI=1S/C18H18FN5O3S/c1-4-26-17(25)12-8-21-18(22-14(12)20)28-10(3)16-23-15(24-27-16)11-6-5-9(2)13(19)7-11/h5-8,10H,4H2,1-3H3,(H2,20,21,22)/t10-/m1/s1. The average molecular weight is 403 g/mol. The van der Waals surface area contributed by atoms with Crippen molar-refractivity contribution in [2.75, 3.05) is 12.3 Å². The molecule has 2 heterocycles. The molecule has 0 saturated carbocycles. The highest BCUT2D eigenvalue weighted by atomic mass is 32.2. The summed E-state index contributed by atoms with van der Waals surface area (Å²) in [5, 5.41) is 3.96. The number of anilines is 1. The van der Waals surface area contributed by atoms with Crippen LogP contribution in [0.4, 0.5) is 10.2 Å². The summed E-state index contributed by atoms with van der Waals surface area (Å²) in [6, 6.07) is 4.74. The van der Waals surface area contributed by atoms with Crippen LogP contribution in [0.15, 0.2) is 34.1 Å². The molecule has 0 aliphatic heterocycles. The largest absolute Gasteiger partial charge is 0.462 e. The lowest BCUT2D eigenvalue weighted by Crippen LogP contribution is -2.10. The molecule has 8 nitrogen and oxygen atoms in total. The molecule has 0 aliphatic carbocycles. The summed E-state index contributed by atoms with van der Waals surface area (Å²) in [6.07, 6.45) is 1.32. The van der Waals surface area contributed by atoms with E-state index < -0.39 is 5.97 Å². The van der Waals surface area contributed by atoms with E-state index in [1.807, 2.05) is 6.92 Å². The van der Waals surface area contributed by atoms with E-state index in [2.05, 4.69) is 20.1 Å². The average Bonchev–Trinajstić information content (AvgIpc) is 3.14. The molecule has 28 heavy (non-hydrogen) atoms. The topological polar surface area (TPSA) is 117 Å². The zero-order valence-corrected chi connectivity index (χ0v) is 16.3. The van der Waals surface area contributed by atoms with Crippen molar-refractivity contribution in [3.8, 4) is 11.4 Å². The maximum absolute atomic E-state index is 13.7. The van der Waals surface area contributed by atoms with Crippen molar-refractivity contribution in [1.29, 1.82) is 0 Å². The lowest BCUT2D eigenvalue weighted by molar-refractivity contribution is 0.0526. The predicted octanol–water partition coefficient (Wildman–Crippen LogP) is 3.59. The number of thioether (sulfide) groups is 1. The fourth-order valence-corrected chi connectivity index (χ4v) is 3.04. The summed E-state index contributed by atoms with van der Waals surface area (Å²) in [6.45, 7) is 5.44. The summed E-state index contributed by atoms with van der Waals surface area (Å²) in [4.78, 5) is 24.3. The van der Waals surface area contributed by atoms with Gasteiger partial charge in [0, 0.05) is 11.8 Å². The van der Waals surface area contributed by atoms with Crippen LogP contribution < -0.4 is 5.73 Å². The van der Waals surface area contributed by atoms with Crippen molar-refractivity contribution in [3.63, 3.8) is 0 Å². The Hall–Kier alpha value is -3.01. The number of nitrogens with zero attached hydrogens (tertiary/aromatic N) is 4. The zero-order chi connectivity index (χ0) is 20.3. The monoisotopic (exact) mass is 403 g/mol. The van der Waals surface area contributed by atoms with Gasteiger partial charge in [0.05, 0.1) is 11.9 Å². The quantitative estimate of drug-likeness (QED) is 0.374. The predicted molar refractivity (Wildman–Crippen MR) is 101 cm³/mol. The minimum atomic E-state index is -0.573. The first-order chi connectivity index (χ1) is 13.4. The van der Waals surface area contributed by atoms with Crippen molar-refractivity contribution in [2.24, 2.45) is 0 Å². The lowest BCUT2D eigenvalue weighted by atomic mass is 10.1. The molecule has 2 N–H and O–H groups in total. The number of esters is 1. The molecule has 0 spiro atoms. The van der Waals surface area contributed by atoms with Crippen LogP contribution in [-0.4, -0.2) is 32.7 Å². The number of aromatic nitrogens is 4. The normalized spacial score (nSPS) is 12.0. The van der Waals surface area contributed by atoms with E-state index in [1.54, 1.807) is 26.0 Å². The maximum atomic E-state index is 13.7. The van der Waals surface area contributed by atoms with Gasteiger partial charge in [-0.25, -0.2) is 19.2 Å². The minimum Gasteiger partial charge on any atom is -0.462 e. The summed E-state index contributed by atoms with van der Waals surface area (Å²) < 4.78 is 23.9. The number of hydrogen-bond acceptors (Lipinski definition) is 9. The number of nitrogens with two attached hydrogens (primary N) is 1. The third-order valence-electron chi connectivity index (χ3n) is 3.79. The van der Waals surface area contributed by atoms with Gasteiger partial charge in [0.2, 0.25) is 11.7 Å². The molecule has 0 amide bonds. The molecule has 0 fully saturated rings. The van der Waals surface area contributed by atoms with Gasteiger partial charge in [0.15, 0.2) is 5.16 Å². The highest BCUT2D eigenvalue weighted by Gasteiger charge is 2.20. The Balaban J connectivity index is 1.74. The fraction of sp³-hybridized carbons (Fsp3) is 0.278. The second-order valence-corrected chi connectivity index (χ2v) is 7.16. The van der Waals surface area contributed by atoms with Crippen molar-refractivity contribution >= 4 is 23.5 Å². The number of nitrogen functional groups attached to an aromatic ring is 1. The van der Waals surface area contributed by atoms with Crippen LogP contribution >= 0.6 is 11.8 Å². The first kappa shape index (κ1) is 19.7. The smallest absolute Gasteiger partial charge is 0.343 e. The molecule has 1 aromatic carbocycles. The van der Waals surface area contributed by atoms with Crippen LogP contribution in [-0.2, 0) is 4.74 Å². The van der Waals surface area contributed by atoms with Gasteiger partial charge in [-0.2, -0.15) is 4.98 Å². The molecule has 0 aliphatic rings. The van der Waals surface area contributed by atoms with E-state index in [1.165, 1.54) is 24.0 Å². The van der Waals surface area contributed by atoms with E-state index in [0.717, 1.165) is 0 Å². The number of aryl methyl sites for hydroxylation is 1. The van der Waals surface area contributed by atoms with E-state index in [0.29, 0.717) is 28.0 Å². The number of hydrogen-bond donors (Lipinski definition) is 1. The Morgan fingerprint density at radius 2 is 2.18 bits per heavy atom. The first-order valence-corrected chi connectivity index (χ1v) is 9.33. The third kappa shape index (κ3) is 4.28. The van der Waals surface area contributed by atoms with Gasteiger partial charge in [0.1, 0.15) is 17.2 Å². The fourth-order valence-electron chi connectivity index (χ4n) is 2.26. The van der Waals surface area contributed by atoms with E-state index >= 15 is 0 Å². The molecule has 0 bridgehead atoms. The van der Waals surface area contributed by atoms with Crippen LogP contribution in [0.1, 0.15) is 40.9 Å². The van der Waals surface area contributed by atoms with Crippen LogP contribution in [0.3, 0.4) is 0 Å². The molecule has 2 aromatic heterocycles. The Labute approximate surface area is 164 Å². The van der Waals surface area contributed by atoms with Gasteiger partial charge in [-0.1, -0.05) is 29.1 Å². The second kappa shape index (κ2) is 8.34. The lowest BCUT2D eigenvalue weighted by Gasteiger charge is -2.07. The number of carbonyl (C=O) groups excluding carboxylic acids is 1. The Morgan fingerprint density at radius 3 is 2.86 bits per heavy atom. The van der Waals surface area contributed by atoms with E-state index in [9.17, 15) is 9.18 Å². The summed E-state index contributed by atoms with van der Waals surface area (Å²) in [5.74, 6) is -0.255. The molecular weight excluding hydrogens is 385 g/mol. The number of ether oxygens (including phenoxy) is 1. The minimum absolute atomic E-state index is 0.0319. The SMILES string of the molecule is CCOC(=O)c1cnc(S[C@H](C)c2nc(-c3ccc(C)c(F)c3)no2)nc1N. The Kier molecular flexibility index (Phi) is 5.88. The molecule has 1 atom stereocenters. The molecule has 3 rings (SSSR count). The van der Waals surface area contributed by atoms with Gasteiger partial charge >= 0.3 is 5.97 Å². The van der Waals surface area contributed by atoms with Crippen molar-refractivity contribution in [2.45, 2.75) is 31.2 Å². The molecule has 0 radical (unpaired) electrons. The van der Waals surface area contributed by atoms with E-state index in [-0.39, 0.29) is 29.1 Å². The van der Waals surface area contributed by atoms with Crippen LogP contribution in [0.25, 0.3) is 11.4 Å².